The van der Waals surface area contributed by atoms with Crippen LogP contribution in [-0.4, -0.2) is 22.8 Å². The van der Waals surface area contributed by atoms with Gasteiger partial charge in [-0.25, -0.2) is 0 Å². The van der Waals surface area contributed by atoms with Gasteiger partial charge in [0, 0.05) is 12.1 Å². The van der Waals surface area contributed by atoms with E-state index in [0.717, 1.165) is 5.69 Å². The number of hydrogen-bond donors (Lipinski definition) is 2. The van der Waals surface area contributed by atoms with Gasteiger partial charge in [-0.2, -0.15) is 0 Å². The van der Waals surface area contributed by atoms with Crippen molar-refractivity contribution < 1.29 is 19.5 Å². The summed E-state index contributed by atoms with van der Waals surface area (Å²) in [7, 11) is 0. The molecular weight excluding hydrogens is 356 g/mol. The van der Waals surface area contributed by atoms with Crippen molar-refractivity contribution >= 4 is 23.3 Å². The normalized spacial score (nSPS) is 11.8. The average molecular weight is 382 g/mol. The van der Waals surface area contributed by atoms with E-state index in [1.807, 2.05) is 30.3 Å². The number of amides is 1. The highest BCUT2D eigenvalue weighted by Gasteiger charge is 2.23. The van der Waals surface area contributed by atoms with Crippen LogP contribution in [0.25, 0.3) is 0 Å². The molecule has 0 spiro atoms. The lowest BCUT2D eigenvalue weighted by molar-refractivity contribution is -0.143. The molecule has 0 bridgehead atoms. The molecule has 0 heterocycles. The summed E-state index contributed by atoms with van der Waals surface area (Å²) in [5.74, 6) is 0.0249. The molecule has 0 atom stereocenters. The van der Waals surface area contributed by atoms with Gasteiger partial charge in [-0.1, -0.05) is 23.4 Å². The van der Waals surface area contributed by atoms with Crippen molar-refractivity contribution in [1.82, 2.24) is 0 Å². The molecule has 0 aliphatic heterocycles. The topological polar surface area (TPSA) is 88.0 Å². The van der Waals surface area contributed by atoms with E-state index in [1.165, 1.54) is 0 Å². The molecule has 28 heavy (non-hydrogen) atoms. The predicted octanol–water partition coefficient (Wildman–Crippen LogP) is 4.63. The molecule has 2 aromatic carbocycles. The first-order valence-electron chi connectivity index (χ1n) is 9.18. The van der Waals surface area contributed by atoms with E-state index in [2.05, 4.69) is 10.5 Å². The number of para-hydroxylation sites is 1. The van der Waals surface area contributed by atoms with Crippen LogP contribution < -0.4 is 10.1 Å². The lowest BCUT2D eigenvalue weighted by Gasteiger charge is -2.16. The maximum Gasteiger partial charge on any atom is 0.316 e. The Morgan fingerprint density at radius 1 is 1.00 bits per heavy atom. The summed E-state index contributed by atoms with van der Waals surface area (Å²) in [5, 5.41) is 15.5. The smallest absolute Gasteiger partial charge is 0.316 e. The summed E-state index contributed by atoms with van der Waals surface area (Å²) in [6.45, 7) is 5.36. The monoisotopic (exact) mass is 382 g/mol. The zero-order valence-electron chi connectivity index (χ0n) is 16.4. The van der Waals surface area contributed by atoms with Gasteiger partial charge in [-0.15, -0.1) is 0 Å². The third kappa shape index (κ3) is 6.54. The third-order valence-corrected chi connectivity index (χ3v) is 4.01. The van der Waals surface area contributed by atoms with Crippen LogP contribution in [0.1, 0.15) is 45.6 Å². The van der Waals surface area contributed by atoms with Gasteiger partial charge < -0.3 is 15.3 Å². The van der Waals surface area contributed by atoms with Gasteiger partial charge in [0.25, 0.3) is 0 Å². The number of esters is 1. The Morgan fingerprint density at radius 2 is 1.64 bits per heavy atom. The second-order valence-corrected chi connectivity index (χ2v) is 7.48. The van der Waals surface area contributed by atoms with Gasteiger partial charge >= 0.3 is 5.97 Å². The molecule has 6 heteroatoms. The lowest BCUT2D eigenvalue weighted by atomic mass is 9.97. The molecule has 0 saturated carbocycles. The summed E-state index contributed by atoms with van der Waals surface area (Å²) in [6.07, 6.45) is 1.30. The number of rotatable bonds is 7. The van der Waals surface area contributed by atoms with Crippen LogP contribution in [-0.2, 0) is 9.59 Å². The number of anilines is 1. The van der Waals surface area contributed by atoms with E-state index < -0.39 is 5.41 Å². The fourth-order valence-corrected chi connectivity index (χ4v) is 2.39. The Kier molecular flexibility index (Phi) is 7.32. The van der Waals surface area contributed by atoms with Crippen LogP contribution in [0.5, 0.6) is 5.75 Å². The molecule has 1 amide bonds. The van der Waals surface area contributed by atoms with E-state index in [0.29, 0.717) is 36.3 Å². The number of nitrogens with one attached hydrogen (secondary N) is 1. The molecule has 148 valence electrons. The summed E-state index contributed by atoms with van der Waals surface area (Å²) in [6, 6.07) is 16.0. The lowest BCUT2D eigenvalue weighted by Crippen LogP contribution is -2.25. The number of carbonyl (C=O) groups is 2. The molecule has 0 aromatic heterocycles. The Labute approximate surface area is 165 Å². The standard InChI is InChI=1S/C22H26N2O4/c1-22(2,3)21(26)28-18-14-12-16(13-15-18)19(24-27)10-7-11-20(25)23-17-8-5-4-6-9-17/h4-6,8-9,12-15,27H,7,10-11H2,1-3H3,(H,23,25). The maximum absolute atomic E-state index is 12.0. The van der Waals surface area contributed by atoms with Gasteiger partial charge in [0.1, 0.15) is 5.75 Å². The Morgan fingerprint density at radius 3 is 2.21 bits per heavy atom. The summed E-state index contributed by atoms with van der Waals surface area (Å²) < 4.78 is 5.32. The largest absolute Gasteiger partial charge is 0.426 e. The van der Waals surface area contributed by atoms with E-state index >= 15 is 0 Å². The first-order chi connectivity index (χ1) is 13.3. The van der Waals surface area contributed by atoms with Crippen LogP contribution >= 0.6 is 0 Å². The predicted molar refractivity (Wildman–Crippen MR) is 109 cm³/mol. The van der Waals surface area contributed by atoms with Crippen molar-refractivity contribution in [2.24, 2.45) is 10.6 Å². The van der Waals surface area contributed by atoms with Gasteiger partial charge in [0.2, 0.25) is 5.91 Å². The Hall–Kier alpha value is -3.15. The molecule has 0 fully saturated rings. The molecule has 0 radical (unpaired) electrons. The second-order valence-electron chi connectivity index (χ2n) is 7.48. The van der Waals surface area contributed by atoms with Crippen molar-refractivity contribution in [3.05, 3.63) is 60.2 Å². The van der Waals surface area contributed by atoms with Gasteiger partial charge in [-0.05, 0) is 75.6 Å². The maximum atomic E-state index is 12.0. The number of benzene rings is 2. The number of oxime groups is 1. The Balaban J connectivity index is 1.86. The molecule has 2 rings (SSSR count). The molecular formula is C22H26N2O4. The molecule has 6 nitrogen and oxygen atoms in total. The van der Waals surface area contributed by atoms with Crippen molar-refractivity contribution in [3.63, 3.8) is 0 Å². The third-order valence-electron chi connectivity index (χ3n) is 4.01. The molecule has 0 saturated heterocycles. The second kappa shape index (κ2) is 9.69. The average Bonchev–Trinajstić information content (AvgIpc) is 2.66. The van der Waals surface area contributed by atoms with Gasteiger partial charge in [-0.3, -0.25) is 9.59 Å². The SMILES string of the molecule is CC(C)(C)C(=O)Oc1ccc(C(CCCC(=O)Nc2ccccc2)=NO)cc1. The zero-order chi connectivity index (χ0) is 20.6. The molecule has 2 aromatic rings. The summed E-state index contributed by atoms with van der Waals surface area (Å²) in [4.78, 5) is 23.9. The molecule has 0 aliphatic rings. The van der Waals surface area contributed by atoms with Crippen LogP contribution in [0.4, 0.5) is 5.69 Å². The van der Waals surface area contributed by atoms with Gasteiger partial charge in [0.15, 0.2) is 0 Å². The minimum absolute atomic E-state index is 0.0899. The van der Waals surface area contributed by atoms with Crippen molar-refractivity contribution in [1.29, 1.82) is 0 Å². The molecule has 0 aliphatic carbocycles. The fourth-order valence-electron chi connectivity index (χ4n) is 2.39. The first-order valence-corrected chi connectivity index (χ1v) is 9.18. The Bertz CT molecular complexity index is 822. The highest BCUT2D eigenvalue weighted by molar-refractivity contribution is 6.00. The van der Waals surface area contributed by atoms with E-state index in [-0.39, 0.29) is 11.9 Å². The van der Waals surface area contributed by atoms with Crippen molar-refractivity contribution in [3.8, 4) is 5.75 Å². The highest BCUT2D eigenvalue weighted by atomic mass is 16.5. The van der Waals surface area contributed by atoms with Crippen molar-refractivity contribution in [2.45, 2.75) is 40.0 Å². The van der Waals surface area contributed by atoms with Crippen LogP contribution in [0.2, 0.25) is 0 Å². The van der Waals surface area contributed by atoms with E-state index in [9.17, 15) is 14.8 Å². The minimum Gasteiger partial charge on any atom is -0.426 e. The number of hydrogen-bond acceptors (Lipinski definition) is 5. The number of carbonyl (C=O) groups excluding carboxylic acids is 2. The first kappa shape index (κ1) is 21.2. The van der Waals surface area contributed by atoms with Crippen molar-refractivity contribution in [2.75, 3.05) is 5.32 Å². The van der Waals surface area contributed by atoms with Crippen LogP contribution in [0.3, 0.4) is 0 Å². The quantitative estimate of drug-likeness (QED) is 0.240. The minimum atomic E-state index is -0.587. The summed E-state index contributed by atoms with van der Waals surface area (Å²) in [5.41, 5.74) is 1.35. The van der Waals surface area contributed by atoms with Crippen LogP contribution in [0, 0.1) is 5.41 Å². The molecule has 2 N–H and O–H groups in total. The summed E-state index contributed by atoms with van der Waals surface area (Å²) >= 11 is 0. The van der Waals surface area contributed by atoms with E-state index in [4.69, 9.17) is 4.74 Å². The number of nitrogens with zero attached hydrogens (tertiary/aromatic N) is 1. The fraction of sp³-hybridized carbons (Fsp3) is 0.318. The number of ether oxygens (including phenoxy) is 1. The molecule has 0 unspecified atom stereocenters. The highest BCUT2D eigenvalue weighted by Crippen LogP contribution is 2.20. The van der Waals surface area contributed by atoms with E-state index in [1.54, 1.807) is 45.0 Å². The zero-order valence-corrected chi connectivity index (χ0v) is 16.4. The van der Waals surface area contributed by atoms with Crippen LogP contribution in [0.15, 0.2) is 59.8 Å². The van der Waals surface area contributed by atoms with Gasteiger partial charge in [0.05, 0.1) is 11.1 Å².